The van der Waals surface area contributed by atoms with Crippen LogP contribution >= 0.6 is 0 Å². The molecule has 0 aliphatic carbocycles. The molecule has 11 atom stereocenters. The highest BCUT2D eigenvalue weighted by Gasteiger charge is 2.42. The lowest BCUT2D eigenvalue weighted by atomic mass is 9.96. The molecule has 0 aliphatic rings. The highest BCUT2D eigenvalue weighted by Crippen LogP contribution is 2.23. The predicted molar refractivity (Wildman–Crippen MR) is 319 cm³/mol. The summed E-state index contributed by atoms with van der Waals surface area (Å²) in [6.45, 7) is 29.3. The van der Waals surface area contributed by atoms with Gasteiger partial charge in [-0.25, -0.2) is 4.79 Å². The minimum Gasteiger partial charge on any atom is -0.480 e. The monoisotopic (exact) mass is 1180 g/mol. The number of aliphatic hydroxyl groups excluding tert-OH is 1. The lowest BCUT2D eigenvalue weighted by Gasteiger charge is -2.39. The molecule has 0 radical (unpaired) electrons. The maximum atomic E-state index is 14.5. The van der Waals surface area contributed by atoms with Gasteiger partial charge in [-0.1, -0.05) is 104 Å². The van der Waals surface area contributed by atoms with E-state index in [1.807, 2.05) is 55.4 Å². The van der Waals surface area contributed by atoms with Gasteiger partial charge in [0, 0.05) is 42.3 Å². The first-order chi connectivity index (χ1) is 38.1. The lowest BCUT2D eigenvalue weighted by molar-refractivity contribution is -0.157. The van der Waals surface area contributed by atoms with Crippen molar-refractivity contribution in [2.75, 3.05) is 55.9 Å². The first-order valence-electron chi connectivity index (χ1n) is 29.5. The van der Waals surface area contributed by atoms with Crippen LogP contribution in [0.1, 0.15) is 150 Å². The summed E-state index contributed by atoms with van der Waals surface area (Å²) in [5, 5.41) is 34.2. The number of aliphatic carboxylic acids is 1. The molecule has 24 nitrogen and oxygen atoms in total. The average Bonchev–Trinajstić information content (AvgIpc) is 3.53. The van der Waals surface area contributed by atoms with Gasteiger partial charge in [0.15, 0.2) is 0 Å². The van der Waals surface area contributed by atoms with Crippen molar-refractivity contribution in [2.45, 2.75) is 216 Å². The summed E-state index contributed by atoms with van der Waals surface area (Å²) in [5.41, 5.74) is 0. The molecule has 0 spiro atoms. The van der Waals surface area contributed by atoms with Crippen LogP contribution in [0.5, 0.6) is 0 Å². The molecule has 0 rings (SSSR count). The first kappa shape index (κ1) is 77.1. The van der Waals surface area contributed by atoms with E-state index in [2.05, 4.69) is 26.6 Å². The third kappa shape index (κ3) is 23.2. The fourth-order valence-electron chi connectivity index (χ4n) is 9.82. The number of amides is 10. The van der Waals surface area contributed by atoms with Crippen LogP contribution in [0.2, 0.25) is 0 Å². The van der Waals surface area contributed by atoms with Crippen molar-refractivity contribution >= 4 is 65.0 Å². The Hall–Kier alpha value is -5.91. The molecule has 0 aromatic rings. The molecule has 1 unspecified atom stereocenters. The van der Waals surface area contributed by atoms with Gasteiger partial charge in [-0.15, -0.1) is 0 Å². The van der Waals surface area contributed by atoms with Crippen molar-refractivity contribution in [2.24, 2.45) is 41.4 Å². The van der Waals surface area contributed by atoms with E-state index in [1.165, 1.54) is 82.8 Å². The van der Waals surface area contributed by atoms with Crippen molar-refractivity contribution in [1.82, 2.24) is 56.0 Å². The molecule has 0 fully saturated rings. The van der Waals surface area contributed by atoms with Crippen molar-refractivity contribution in [3.05, 3.63) is 0 Å². The molecule has 7 N–H and O–H groups in total. The van der Waals surface area contributed by atoms with Crippen LogP contribution in [0.3, 0.4) is 0 Å². The summed E-state index contributed by atoms with van der Waals surface area (Å²) < 4.78 is 0. The van der Waals surface area contributed by atoms with Gasteiger partial charge in [0.2, 0.25) is 59.1 Å². The second-order valence-electron chi connectivity index (χ2n) is 25.3. The maximum Gasteiger partial charge on any atom is 0.326 e. The normalized spacial score (nSPS) is 15.7. The van der Waals surface area contributed by atoms with Crippen LogP contribution in [-0.2, 0) is 52.7 Å². The topological polar surface area (TPSA) is 308 Å². The van der Waals surface area contributed by atoms with Gasteiger partial charge >= 0.3 is 5.97 Å². The fourth-order valence-corrected chi connectivity index (χ4v) is 9.82. The molecule has 0 saturated carbocycles. The Kier molecular flexibility index (Phi) is 32.9. The number of nitrogens with zero attached hydrogens (tertiary/aromatic N) is 6. The Morgan fingerprint density at radius 2 is 0.807 bits per heavy atom. The summed E-state index contributed by atoms with van der Waals surface area (Å²) >= 11 is 0. The van der Waals surface area contributed by atoms with E-state index in [0.717, 1.165) is 9.80 Å². The Balaban J connectivity index is 6.51. The quantitative estimate of drug-likeness (QED) is 0.0479. The number of aliphatic hydroxyl groups is 1. The van der Waals surface area contributed by atoms with Crippen LogP contribution in [0.25, 0.3) is 0 Å². The third-order valence-electron chi connectivity index (χ3n) is 15.0. The SMILES string of the molecule is CC[C@H](NC(=O)[C@@H](NC)C(O)C(C)C)C(=O)N(C)CC(=O)N(C)[C@@H](CC(C)C)C(=O)N[C@H](C(=O)N(C)[C@@H](CC(C)C)C(=O)N[C@@H](C)C(=O)N[C@H](C)C(=O)N(C)[C@@H](CC(C)C)C(=O)N(C)[C@@H](CC(C)C)C(=O)N(C)[C@H](C(=O)O)C(C)C)C(C)C. The van der Waals surface area contributed by atoms with Crippen LogP contribution in [0.4, 0.5) is 0 Å². The number of carboxylic acids is 1. The number of rotatable bonds is 35. The molecule has 24 heteroatoms. The molecule has 10 amide bonds. The highest BCUT2D eigenvalue weighted by atomic mass is 16.4. The average molecular weight is 1180 g/mol. The Morgan fingerprint density at radius 3 is 1.20 bits per heavy atom. The van der Waals surface area contributed by atoms with Gasteiger partial charge in [0.1, 0.15) is 60.4 Å². The molecule has 0 aromatic heterocycles. The zero-order valence-corrected chi connectivity index (χ0v) is 54.7. The van der Waals surface area contributed by atoms with Crippen LogP contribution in [0, 0.1) is 41.4 Å². The van der Waals surface area contributed by atoms with Gasteiger partial charge in [-0.05, 0) is 94.4 Å². The fraction of sp³-hybridized carbons (Fsp3) is 0.814. The summed E-state index contributed by atoms with van der Waals surface area (Å²) in [6.07, 6.45) is -0.0988. The number of carbonyl (C=O) groups is 11. The standard InChI is InChI=1S/C59H109N11O13/c1-25-40(63-53(76)47(60-18)49(72)37(14)15)55(78)65(19)30-45(71)66(20)41(26-31(2)3)52(75)64-46(35(10)11)58(81)67(21)42(27-32(4)5)51(74)61-38(16)50(73)62-39(17)54(77)68(22)43(28-33(6)7)56(79)69(23)44(29-34(8)9)57(80)70(24)48(36(12)13)59(82)83/h31-44,46-49,60,72H,25-30H2,1-24H3,(H,61,74)(H,62,73)(H,63,76)(H,64,75)(H,82,83)/t38-,39+,40-,41-,42-,43-,44-,46-,47-,48-,49?/m0/s1. The molecule has 0 heterocycles. The number of carboxylic acid groups (broad SMARTS) is 1. The summed E-state index contributed by atoms with van der Waals surface area (Å²) in [6, 6.07) is -11.1. The van der Waals surface area contributed by atoms with Crippen molar-refractivity contribution in [3.8, 4) is 0 Å². The first-order valence-corrected chi connectivity index (χ1v) is 29.5. The number of hydrogen-bond donors (Lipinski definition) is 7. The number of nitrogens with one attached hydrogen (secondary N) is 5. The zero-order valence-electron chi connectivity index (χ0n) is 54.7. The van der Waals surface area contributed by atoms with Crippen LogP contribution in [0.15, 0.2) is 0 Å². The van der Waals surface area contributed by atoms with Crippen LogP contribution < -0.4 is 26.6 Å². The third-order valence-corrected chi connectivity index (χ3v) is 15.0. The van der Waals surface area contributed by atoms with E-state index < -0.39 is 150 Å². The molecule has 0 saturated heterocycles. The summed E-state index contributed by atoms with van der Waals surface area (Å²) in [7, 11) is 10.1. The van der Waals surface area contributed by atoms with Gasteiger partial charge in [-0.3, -0.25) is 47.9 Å². The smallest absolute Gasteiger partial charge is 0.326 e. The minimum atomic E-state index is -1.23. The van der Waals surface area contributed by atoms with Gasteiger partial charge in [0.05, 0.1) is 12.6 Å². The second-order valence-corrected chi connectivity index (χ2v) is 25.3. The van der Waals surface area contributed by atoms with Gasteiger partial charge in [0.25, 0.3) is 0 Å². The van der Waals surface area contributed by atoms with E-state index in [9.17, 15) is 63.0 Å². The second kappa shape index (κ2) is 35.4. The van der Waals surface area contributed by atoms with E-state index in [1.54, 1.807) is 48.5 Å². The molecular weight excluding hydrogens is 1070 g/mol. The molecular formula is C59H109N11O13. The Labute approximate surface area is 496 Å². The van der Waals surface area contributed by atoms with Crippen LogP contribution in [-0.4, -0.2) is 227 Å². The molecule has 83 heavy (non-hydrogen) atoms. The molecule has 0 aromatic carbocycles. The van der Waals surface area contributed by atoms with Crippen molar-refractivity contribution in [3.63, 3.8) is 0 Å². The van der Waals surface area contributed by atoms with Crippen molar-refractivity contribution in [1.29, 1.82) is 0 Å². The highest BCUT2D eigenvalue weighted by molar-refractivity contribution is 5.98. The molecule has 0 bridgehead atoms. The zero-order chi connectivity index (χ0) is 65.0. The Bertz CT molecular complexity index is 2190. The lowest BCUT2D eigenvalue weighted by Crippen LogP contribution is -2.61. The largest absolute Gasteiger partial charge is 0.480 e. The molecule has 0 aliphatic heterocycles. The predicted octanol–water partition coefficient (Wildman–Crippen LogP) is 2.15. The Morgan fingerprint density at radius 1 is 0.410 bits per heavy atom. The number of carbonyl (C=O) groups excluding carboxylic acids is 10. The van der Waals surface area contributed by atoms with E-state index in [-0.39, 0.29) is 61.7 Å². The summed E-state index contributed by atoms with van der Waals surface area (Å²) in [5.74, 6) is -8.97. The molecule has 478 valence electrons. The van der Waals surface area contributed by atoms with Gasteiger partial charge < -0.3 is 66.2 Å². The maximum absolute atomic E-state index is 14.5. The van der Waals surface area contributed by atoms with Gasteiger partial charge in [-0.2, -0.15) is 0 Å². The number of hydrogen-bond acceptors (Lipinski definition) is 13. The van der Waals surface area contributed by atoms with Crippen molar-refractivity contribution < 1.29 is 63.0 Å². The minimum absolute atomic E-state index is 0.0715. The summed E-state index contributed by atoms with van der Waals surface area (Å²) in [4.78, 5) is 159. The number of likely N-dealkylation sites (N-methyl/N-ethyl adjacent to an activating group) is 7. The van der Waals surface area contributed by atoms with E-state index in [4.69, 9.17) is 0 Å². The van der Waals surface area contributed by atoms with E-state index >= 15 is 0 Å². The van der Waals surface area contributed by atoms with E-state index in [0.29, 0.717) is 0 Å².